The number of rotatable bonds is 8. The van der Waals surface area contributed by atoms with Gasteiger partial charge in [0.15, 0.2) is 5.96 Å². The van der Waals surface area contributed by atoms with Crippen LogP contribution in [0.3, 0.4) is 0 Å². The van der Waals surface area contributed by atoms with E-state index in [1.165, 1.54) is 6.42 Å². The van der Waals surface area contributed by atoms with Gasteiger partial charge in [-0.1, -0.05) is 18.2 Å². The SMILES string of the molecule is COc1ccccc1CN=C(NCCc1ccco1)NCC1CCCCO1.I. The number of para-hydroxylation sites is 1. The predicted octanol–water partition coefficient (Wildman–Crippen LogP) is 3.75. The Bertz CT molecular complexity index is 701. The topological polar surface area (TPSA) is 68.0 Å². The van der Waals surface area contributed by atoms with Crippen molar-refractivity contribution >= 4 is 29.9 Å². The van der Waals surface area contributed by atoms with Crippen LogP contribution < -0.4 is 15.4 Å². The molecule has 2 aromatic rings. The number of ether oxygens (including phenoxy) is 2. The fourth-order valence-corrected chi connectivity index (χ4v) is 3.11. The molecule has 7 heteroatoms. The predicted molar refractivity (Wildman–Crippen MR) is 122 cm³/mol. The fraction of sp³-hybridized carbons (Fsp3) is 0.476. The van der Waals surface area contributed by atoms with Crippen LogP contribution in [0.4, 0.5) is 0 Å². The summed E-state index contributed by atoms with van der Waals surface area (Å²) in [7, 11) is 1.68. The Morgan fingerprint density at radius 1 is 1.18 bits per heavy atom. The number of hydrogen-bond acceptors (Lipinski definition) is 4. The number of furan rings is 1. The number of benzene rings is 1. The maximum Gasteiger partial charge on any atom is 0.191 e. The van der Waals surface area contributed by atoms with Crippen LogP contribution in [-0.2, 0) is 17.7 Å². The van der Waals surface area contributed by atoms with Crippen molar-refractivity contribution < 1.29 is 13.9 Å². The molecule has 1 aliphatic rings. The molecule has 1 aliphatic heterocycles. The van der Waals surface area contributed by atoms with E-state index in [4.69, 9.17) is 18.9 Å². The van der Waals surface area contributed by atoms with Crippen molar-refractivity contribution in [2.45, 2.75) is 38.3 Å². The highest BCUT2D eigenvalue weighted by atomic mass is 127. The summed E-state index contributed by atoms with van der Waals surface area (Å²) in [5.74, 6) is 2.59. The van der Waals surface area contributed by atoms with Crippen LogP contribution in [-0.4, -0.2) is 38.9 Å². The summed E-state index contributed by atoms with van der Waals surface area (Å²) < 4.78 is 16.6. The Morgan fingerprint density at radius 3 is 2.82 bits per heavy atom. The molecule has 0 spiro atoms. The molecule has 2 N–H and O–H groups in total. The van der Waals surface area contributed by atoms with E-state index in [0.717, 1.165) is 62.0 Å². The van der Waals surface area contributed by atoms with Gasteiger partial charge in [-0.15, -0.1) is 24.0 Å². The van der Waals surface area contributed by atoms with Crippen LogP contribution in [0.5, 0.6) is 5.75 Å². The maximum atomic E-state index is 5.81. The highest BCUT2D eigenvalue weighted by Crippen LogP contribution is 2.18. The fourth-order valence-electron chi connectivity index (χ4n) is 3.11. The second kappa shape index (κ2) is 12.7. The number of halogens is 1. The first kappa shape index (κ1) is 22.5. The second-order valence-corrected chi connectivity index (χ2v) is 6.60. The van der Waals surface area contributed by atoms with Crippen molar-refractivity contribution in [3.05, 3.63) is 54.0 Å². The summed E-state index contributed by atoms with van der Waals surface area (Å²) in [6.45, 7) is 2.91. The van der Waals surface area contributed by atoms with E-state index < -0.39 is 0 Å². The largest absolute Gasteiger partial charge is 0.496 e. The minimum atomic E-state index is 0. The lowest BCUT2D eigenvalue weighted by Gasteiger charge is -2.24. The third kappa shape index (κ3) is 7.35. The summed E-state index contributed by atoms with van der Waals surface area (Å²) in [6, 6.07) is 11.8. The minimum Gasteiger partial charge on any atom is -0.496 e. The number of methoxy groups -OCH3 is 1. The zero-order chi connectivity index (χ0) is 18.7. The number of nitrogens with zero attached hydrogens (tertiary/aromatic N) is 1. The third-order valence-electron chi connectivity index (χ3n) is 4.62. The first-order chi connectivity index (χ1) is 13.3. The summed E-state index contributed by atoms with van der Waals surface area (Å²) in [6.07, 6.45) is 6.24. The van der Waals surface area contributed by atoms with Crippen LogP contribution in [0.15, 0.2) is 52.1 Å². The standard InChI is InChI=1S/C21H29N3O3.HI/c1-25-20-10-3-2-7-17(20)15-23-21(22-12-11-18-9-6-14-26-18)24-16-19-8-4-5-13-27-19;/h2-3,6-7,9-10,14,19H,4-5,8,11-13,15-16H2,1H3,(H2,22,23,24);1H. The first-order valence-electron chi connectivity index (χ1n) is 9.63. The lowest BCUT2D eigenvalue weighted by molar-refractivity contribution is 0.0194. The van der Waals surface area contributed by atoms with E-state index in [9.17, 15) is 0 Å². The molecule has 1 aromatic carbocycles. The molecular formula is C21H30IN3O3. The van der Waals surface area contributed by atoms with Gasteiger partial charge in [0.1, 0.15) is 11.5 Å². The molecular weight excluding hydrogens is 469 g/mol. The smallest absolute Gasteiger partial charge is 0.191 e. The number of guanidine groups is 1. The summed E-state index contributed by atoms with van der Waals surface area (Å²) >= 11 is 0. The van der Waals surface area contributed by atoms with Gasteiger partial charge in [-0.05, 0) is 37.5 Å². The lowest BCUT2D eigenvalue weighted by Crippen LogP contribution is -2.43. The third-order valence-corrected chi connectivity index (χ3v) is 4.62. The molecule has 0 saturated carbocycles. The molecule has 1 atom stereocenters. The Morgan fingerprint density at radius 2 is 2.07 bits per heavy atom. The number of aliphatic imine (C=N–C) groups is 1. The van der Waals surface area contributed by atoms with E-state index in [2.05, 4.69) is 10.6 Å². The molecule has 154 valence electrons. The highest BCUT2D eigenvalue weighted by molar-refractivity contribution is 14.0. The zero-order valence-electron chi connectivity index (χ0n) is 16.4. The van der Waals surface area contributed by atoms with Gasteiger partial charge in [-0.2, -0.15) is 0 Å². The molecule has 0 aliphatic carbocycles. The molecule has 1 fully saturated rings. The van der Waals surface area contributed by atoms with Gasteiger partial charge >= 0.3 is 0 Å². The minimum absolute atomic E-state index is 0. The van der Waals surface area contributed by atoms with Crippen LogP contribution in [0, 0.1) is 0 Å². The molecule has 0 radical (unpaired) electrons. The monoisotopic (exact) mass is 499 g/mol. The van der Waals surface area contributed by atoms with Gasteiger partial charge in [-0.3, -0.25) is 0 Å². The molecule has 0 amide bonds. The zero-order valence-corrected chi connectivity index (χ0v) is 18.7. The molecule has 1 saturated heterocycles. The van der Waals surface area contributed by atoms with Gasteiger partial charge < -0.3 is 24.5 Å². The average Bonchev–Trinajstić information content (AvgIpc) is 3.24. The van der Waals surface area contributed by atoms with E-state index >= 15 is 0 Å². The normalized spacial score (nSPS) is 16.9. The van der Waals surface area contributed by atoms with E-state index in [-0.39, 0.29) is 30.1 Å². The van der Waals surface area contributed by atoms with Gasteiger partial charge in [0.2, 0.25) is 0 Å². The lowest BCUT2D eigenvalue weighted by atomic mass is 10.1. The molecule has 2 heterocycles. The van der Waals surface area contributed by atoms with Crippen molar-refractivity contribution in [3.8, 4) is 5.75 Å². The molecule has 28 heavy (non-hydrogen) atoms. The summed E-state index contributed by atoms with van der Waals surface area (Å²) in [5, 5.41) is 6.81. The Labute approximate surface area is 184 Å². The molecule has 1 unspecified atom stereocenters. The van der Waals surface area contributed by atoms with Gasteiger partial charge in [0.05, 0.1) is 26.0 Å². The first-order valence-corrected chi connectivity index (χ1v) is 9.63. The van der Waals surface area contributed by atoms with Crippen LogP contribution in [0.2, 0.25) is 0 Å². The molecule has 3 rings (SSSR count). The van der Waals surface area contributed by atoms with Crippen LogP contribution >= 0.6 is 24.0 Å². The highest BCUT2D eigenvalue weighted by Gasteiger charge is 2.14. The average molecular weight is 499 g/mol. The van der Waals surface area contributed by atoms with E-state index in [1.807, 2.05) is 36.4 Å². The van der Waals surface area contributed by atoms with Gasteiger partial charge in [0, 0.05) is 31.7 Å². The number of hydrogen-bond donors (Lipinski definition) is 2. The maximum absolute atomic E-state index is 5.81. The molecule has 1 aromatic heterocycles. The van der Waals surface area contributed by atoms with Crippen LogP contribution in [0.25, 0.3) is 0 Å². The van der Waals surface area contributed by atoms with E-state index in [0.29, 0.717) is 6.54 Å². The quantitative estimate of drug-likeness (QED) is 0.329. The second-order valence-electron chi connectivity index (χ2n) is 6.60. The number of nitrogens with one attached hydrogen (secondary N) is 2. The Hall–Kier alpha value is -1.74. The van der Waals surface area contributed by atoms with Crippen molar-refractivity contribution in [2.24, 2.45) is 4.99 Å². The van der Waals surface area contributed by atoms with Crippen molar-refractivity contribution in [2.75, 3.05) is 26.8 Å². The van der Waals surface area contributed by atoms with Crippen molar-refractivity contribution in [3.63, 3.8) is 0 Å². The van der Waals surface area contributed by atoms with Crippen molar-refractivity contribution in [1.82, 2.24) is 10.6 Å². The Kier molecular flexibility index (Phi) is 10.2. The van der Waals surface area contributed by atoms with Gasteiger partial charge in [0.25, 0.3) is 0 Å². The summed E-state index contributed by atoms with van der Waals surface area (Å²) in [5.41, 5.74) is 1.06. The molecule has 0 bridgehead atoms. The van der Waals surface area contributed by atoms with E-state index in [1.54, 1.807) is 13.4 Å². The molecule has 6 nitrogen and oxygen atoms in total. The van der Waals surface area contributed by atoms with Crippen LogP contribution in [0.1, 0.15) is 30.6 Å². The Balaban J connectivity index is 0.00000280. The van der Waals surface area contributed by atoms with Gasteiger partial charge in [-0.25, -0.2) is 4.99 Å². The van der Waals surface area contributed by atoms with Crippen molar-refractivity contribution in [1.29, 1.82) is 0 Å². The summed E-state index contributed by atoms with van der Waals surface area (Å²) in [4.78, 5) is 4.73.